The zero-order chi connectivity index (χ0) is 22.8. The Hall–Kier alpha value is -3.84. The predicted octanol–water partition coefficient (Wildman–Crippen LogP) is 5.66. The van der Waals surface area contributed by atoms with Gasteiger partial charge in [0.2, 0.25) is 0 Å². The zero-order valence-electron chi connectivity index (χ0n) is 17.5. The number of carbonyl (C=O) groups excluding carboxylic acids is 2. The largest absolute Gasteiger partial charge is 0.467 e. The van der Waals surface area contributed by atoms with Crippen LogP contribution in [-0.4, -0.2) is 11.8 Å². The molecule has 7 heteroatoms. The molecule has 33 heavy (non-hydrogen) atoms. The molecule has 0 atom stereocenters. The maximum absolute atomic E-state index is 13.8. The number of hydrogen-bond acceptors (Lipinski definition) is 4. The van der Waals surface area contributed by atoms with Crippen molar-refractivity contribution < 1.29 is 18.4 Å². The first-order valence-corrected chi connectivity index (χ1v) is 11.2. The number of amides is 2. The van der Waals surface area contributed by atoms with Gasteiger partial charge < -0.3 is 14.6 Å². The van der Waals surface area contributed by atoms with E-state index in [9.17, 15) is 14.0 Å². The van der Waals surface area contributed by atoms with Gasteiger partial charge in [-0.15, -0.1) is 0 Å². The van der Waals surface area contributed by atoms with E-state index >= 15 is 0 Å². The molecule has 1 aliphatic heterocycles. The predicted molar refractivity (Wildman–Crippen MR) is 124 cm³/mol. The molecule has 4 aromatic rings. The lowest BCUT2D eigenvalue weighted by Gasteiger charge is -2.24. The molecule has 0 aliphatic carbocycles. The number of fused-ring (bicyclic) bond motifs is 2. The highest BCUT2D eigenvalue weighted by atomic mass is 32.2. The van der Waals surface area contributed by atoms with Crippen LogP contribution in [0.4, 0.5) is 10.1 Å². The minimum Gasteiger partial charge on any atom is -0.467 e. The standard InChI is InChI=1S/C26H19FN2O3S/c27-19-6-3-5-17(13-19)16-29-22-14-18(25(30)28-15-20-7-4-12-32-20)10-11-24(22)33-23-9-2-1-8-21(23)26(29)31/h1-14H,15-16H2,(H,28,30). The molecule has 2 amide bonds. The molecule has 0 fully saturated rings. The van der Waals surface area contributed by atoms with Crippen molar-refractivity contribution in [2.24, 2.45) is 0 Å². The van der Waals surface area contributed by atoms with Gasteiger partial charge in [-0.3, -0.25) is 9.59 Å². The Balaban J connectivity index is 1.52. The maximum atomic E-state index is 13.8. The van der Waals surface area contributed by atoms with Gasteiger partial charge in [-0.25, -0.2) is 4.39 Å². The Kier molecular flexibility index (Phi) is 5.71. The second kappa shape index (κ2) is 8.96. The van der Waals surface area contributed by atoms with Gasteiger partial charge in [0.1, 0.15) is 11.6 Å². The molecule has 1 aliphatic rings. The van der Waals surface area contributed by atoms with Crippen LogP contribution < -0.4 is 10.2 Å². The van der Waals surface area contributed by atoms with Crippen molar-refractivity contribution in [3.05, 3.63) is 113 Å². The Bertz CT molecular complexity index is 1340. The van der Waals surface area contributed by atoms with Crippen LogP contribution in [0.3, 0.4) is 0 Å². The van der Waals surface area contributed by atoms with Gasteiger partial charge in [0, 0.05) is 15.4 Å². The summed E-state index contributed by atoms with van der Waals surface area (Å²) in [7, 11) is 0. The van der Waals surface area contributed by atoms with Crippen molar-refractivity contribution in [2.75, 3.05) is 4.90 Å². The van der Waals surface area contributed by atoms with E-state index in [4.69, 9.17) is 4.42 Å². The van der Waals surface area contributed by atoms with E-state index in [0.29, 0.717) is 28.1 Å². The average molecular weight is 459 g/mol. The summed E-state index contributed by atoms with van der Waals surface area (Å²) >= 11 is 1.47. The average Bonchev–Trinajstić information content (AvgIpc) is 3.31. The van der Waals surface area contributed by atoms with Crippen molar-refractivity contribution in [1.29, 1.82) is 0 Å². The van der Waals surface area contributed by atoms with Crippen molar-refractivity contribution in [1.82, 2.24) is 5.32 Å². The molecule has 0 spiro atoms. The van der Waals surface area contributed by atoms with Gasteiger partial charge in [0.25, 0.3) is 11.8 Å². The van der Waals surface area contributed by atoms with Crippen LogP contribution in [-0.2, 0) is 13.1 Å². The fraction of sp³-hybridized carbons (Fsp3) is 0.0769. The minimum atomic E-state index is -0.365. The number of hydrogen-bond donors (Lipinski definition) is 1. The lowest BCUT2D eigenvalue weighted by Crippen LogP contribution is -2.31. The van der Waals surface area contributed by atoms with Crippen LogP contribution >= 0.6 is 11.8 Å². The topological polar surface area (TPSA) is 62.6 Å². The van der Waals surface area contributed by atoms with Gasteiger partial charge in [-0.05, 0) is 60.2 Å². The van der Waals surface area contributed by atoms with Crippen LogP contribution in [0, 0.1) is 5.82 Å². The Labute approximate surface area is 194 Å². The summed E-state index contributed by atoms with van der Waals surface area (Å²) in [5.74, 6) is -0.198. The monoisotopic (exact) mass is 458 g/mol. The normalized spacial score (nSPS) is 12.6. The molecule has 3 aromatic carbocycles. The van der Waals surface area contributed by atoms with Gasteiger partial charge in [-0.2, -0.15) is 0 Å². The number of benzene rings is 3. The van der Waals surface area contributed by atoms with Gasteiger partial charge in [-0.1, -0.05) is 36.0 Å². The van der Waals surface area contributed by atoms with E-state index in [1.165, 1.54) is 23.9 Å². The summed E-state index contributed by atoms with van der Waals surface area (Å²) in [6.07, 6.45) is 1.55. The van der Waals surface area contributed by atoms with E-state index < -0.39 is 0 Å². The molecular formula is C26H19FN2O3S. The zero-order valence-corrected chi connectivity index (χ0v) is 18.3. The molecule has 164 valence electrons. The van der Waals surface area contributed by atoms with Crippen LogP contribution in [0.5, 0.6) is 0 Å². The van der Waals surface area contributed by atoms with Gasteiger partial charge >= 0.3 is 0 Å². The fourth-order valence-electron chi connectivity index (χ4n) is 3.72. The van der Waals surface area contributed by atoms with Crippen molar-refractivity contribution in [3.8, 4) is 0 Å². The third-order valence-electron chi connectivity index (χ3n) is 5.33. The van der Waals surface area contributed by atoms with E-state index in [2.05, 4.69) is 5.32 Å². The first kappa shape index (κ1) is 21.0. The second-order valence-electron chi connectivity index (χ2n) is 7.56. The van der Waals surface area contributed by atoms with E-state index in [-0.39, 0.29) is 30.7 Å². The molecule has 5 rings (SSSR count). The summed E-state index contributed by atoms with van der Waals surface area (Å²) < 4.78 is 19.1. The lowest BCUT2D eigenvalue weighted by atomic mass is 10.1. The Morgan fingerprint density at radius 3 is 2.67 bits per heavy atom. The highest BCUT2D eigenvalue weighted by Crippen LogP contribution is 2.42. The van der Waals surface area contributed by atoms with Gasteiger partial charge in [0.05, 0.1) is 30.6 Å². The molecule has 0 bridgehead atoms. The smallest absolute Gasteiger partial charge is 0.259 e. The van der Waals surface area contributed by atoms with Crippen molar-refractivity contribution in [2.45, 2.75) is 22.9 Å². The Morgan fingerprint density at radius 2 is 1.85 bits per heavy atom. The molecule has 1 N–H and O–H groups in total. The third kappa shape index (κ3) is 4.40. The van der Waals surface area contributed by atoms with Crippen molar-refractivity contribution in [3.63, 3.8) is 0 Å². The number of carbonyl (C=O) groups is 2. The number of rotatable bonds is 5. The highest BCUT2D eigenvalue weighted by Gasteiger charge is 2.28. The summed E-state index contributed by atoms with van der Waals surface area (Å²) in [5.41, 5.74) is 2.25. The first-order chi connectivity index (χ1) is 16.1. The molecule has 0 unspecified atom stereocenters. The number of halogens is 1. The molecular weight excluding hydrogens is 439 g/mol. The summed E-state index contributed by atoms with van der Waals surface area (Å²) in [5, 5.41) is 2.83. The molecule has 0 saturated heterocycles. The maximum Gasteiger partial charge on any atom is 0.259 e. The summed E-state index contributed by atoms with van der Waals surface area (Å²) in [6.45, 7) is 0.436. The van der Waals surface area contributed by atoms with Gasteiger partial charge in [0.15, 0.2) is 0 Å². The van der Waals surface area contributed by atoms with Crippen molar-refractivity contribution >= 4 is 29.3 Å². The molecule has 0 radical (unpaired) electrons. The van der Waals surface area contributed by atoms with Crippen LogP contribution in [0.2, 0.25) is 0 Å². The quantitative estimate of drug-likeness (QED) is 0.419. The number of nitrogens with zero attached hydrogens (tertiary/aromatic N) is 1. The first-order valence-electron chi connectivity index (χ1n) is 10.4. The molecule has 1 aromatic heterocycles. The number of anilines is 1. The third-order valence-corrected chi connectivity index (χ3v) is 6.47. The van der Waals surface area contributed by atoms with E-state index in [1.54, 1.807) is 53.6 Å². The minimum absolute atomic E-state index is 0.177. The molecule has 0 saturated carbocycles. The van der Waals surface area contributed by atoms with E-state index in [1.807, 2.05) is 24.3 Å². The second-order valence-corrected chi connectivity index (χ2v) is 8.65. The van der Waals surface area contributed by atoms with Crippen LogP contribution in [0.1, 0.15) is 32.0 Å². The lowest BCUT2D eigenvalue weighted by molar-refractivity contribution is 0.0945. The van der Waals surface area contributed by atoms with Crippen LogP contribution in [0.15, 0.2) is 99.3 Å². The fourth-order valence-corrected chi connectivity index (χ4v) is 4.78. The molecule has 2 heterocycles. The highest BCUT2D eigenvalue weighted by molar-refractivity contribution is 7.99. The van der Waals surface area contributed by atoms with Crippen LogP contribution in [0.25, 0.3) is 0 Å². The SMILES string of the molecule is O=C(NCc1ccco1)c1ccc2c(c1)N(Cc1cccc(F)c1)C(=O)c1ccccc1S2. The van der Waals surface area contributed by atoms with E-state index in [0.717, 1.165) is 9.79 Å². The summed E-state index contributed by atoms with van der Waals surface area (Å²) in [4.78, 5) is 29.6. The number of nitrogens with one attached hydrogen (secondary N) is 1. The number of furan rings is 1. The summed E-state index contributed by atoms with van der Waals surface area (Å²) in [6, 6.07) is 22.4. The Morgan fingerprint density at radius 1 is 0.970 bits per heavy atom. The molecule has 5 nitrogen and oxygen atoms in total.